The number of pyridine rings is 1. The summed E-state index contributed by atoms with van der Waals surface area (Å²) in [7, 11) is 0. The molecule has 0 radical (unpaired) electrons. The summed E-state index contributed by atoms with van der Waals surface area (Å²) in [5.41, 5.74) is -0.432. The average Bonchev–Trinajstić information content (AvgIpc) is 2.79. The van der Waals surface area contributed by atoms with Crippen LogP contribution in [0.5, 0.6) is 5.75 Å². The monoisotopic (exact) mass is 495 g/mol. The van der Waals surface area contributed by atoms with E-state index in [1.165, 1.54) is 18.5 Å². The molecule has 1 aromatic carbocycles. The first-order valence-electron chi connectivity index (χ1n) is 10.9. The molecule has 1 aromatic heterocycles. The fourth-order valence-electron chi connectivity index (χ4n) is 2.92. The third kappa shape index (κ3) is 9.26. The van der Waals surface area contributed by atoms with Gasteiger partial charge in [-0.25, -0.2) is 13.6 Å². The Balaban J connectivity index is 1.98. The molecule has 2 N–H and O–H groups in total. The van der Waals surface area contributed by atoms with Gasteiger partial charge in [-0.15, -0.1) is 0 Å². The zero-order valence-corrected chi connectivity index (χ0v) is 19.7. The van der Waals surface area contributed by atoms with Crippen molar-refractivity contribution in [1.29, 1.82) is 0 Å². The fraction of sp³-hybridized carbons (Fsp3) is 0.417. The zero-order chi connectivity index (χ0) is 26.0. The number of alkyl carbamates (subject to hydrolysis) is 1. The van der Waals surface area contributed by atoms with Crippen LogP contribution in [0.4, 0.5) is 18.0 Å². The van der Waals surface area contributed by atoms with Gasteiger partial charge in [-0.2, -0.15) is 4.39 Å². The molecule has 0 spiro atoms. The van der Waals surface area contributed by atoms with Gasteiger partial charge in [0.15, 0.2) is 23.2 Å². The lowest BCUT2D eigenvalue weighted by molar-refractivity contribution is -0.123. The first-order chi connectivity index (χ1) is 16.5. The standard InChI is InChI=1S/C24H28F3N3O5/c1-24(2,3)35-23(33)29-12-5-4-8-18(30-22(32)15-7-6-11-28-13-15)19(31)14-34-21-17(26)10-9-16(25)20(21)27/h6-7,9-11,13,18H,4-5,8,12,14H2,1-3H3,(H,29,33)(H,30,32)/t18-/m0/s1. The highest BCUT2D eigenvalue weighted by molar-refractivity contribution is 5.98. The van der Waals surface area contributed by atoms with Crippen molar-refractivity contribution in [2.75, 3.05) is 13.2 Å². The molecule has 0 fully saturated rings. The van der Waals surface area contributed by atoms with Crippen LogP contribution in [0.15, 0.2) is 36.7 Å². The lowest BCUT2D eigenvalue weighted by atomic mass is 10.0. The van der Waals surface area contributed by atoms with E-state index in [1.54, 1.807) is 26.8 Å². The molecule has 2 rings (SSSR count). The van der Waals surface area contributed by atoms with Gasteiger partial charge in [-0.05, 0) is 64.3 Å². The van der Waals surface area contributed by atoms with Gasteiger partial charge >= 0.3 is 6.09 Å². The summed E-state index contributed by atoms with van der Waals surface area (Å²) in [6.07, 6.45) is 3.23. The van der Waals surface area contributed by atoms with Crippen LogP contribution < -0.4 is 15.4 Å². The lowest BCUT2D eigenvalue weighted by Crippen LogP contribution is -2.43. The molecule has 8 nitrogen and oxygen atoms in total. The van der Waals surface area contributed by atoms with Gasteiger partial charge in [-0.1, -0.05) is 0 Å². The highest BCUT2D eigenvalue weighted by atomic mass is 19.2. The Labute approximate surface area is 201 Å². The number of Topliss-reactive ketones (excluding diaryl/α,β-unsaturated/α-hetero) is 1. The molecule has 190 valence electrons. The molecular formula is C24H28F3N3O5. The molecular weight excluding hydrogens is 467 g/mol. The predicted octanol–water partition coefficient (Wildman–Crippen LogP) is 3.94. The first-order valence-corrected chi connectivity index (χ1v) is 10.9. The Morgan fingerprint density at radius 1 is 1.06 bits per heavy atom. The van der Waals surface area contributed by atoms with Crippen LogP contribution in [0.25, 0.3) is 0 Å². The van der Waals surface area contributed by atoms with Crippen LogP contribution in [0.1, 0.15) is 50.4 Å². The molecule has 0 saturated carbocycles. The van der Waals surface area contributed by atoms with E-state index >= 15 is 0 Å². The van der Waals surface area contributed by atoms with E-state index < -0.39 is 59.2 Å². The predicted molar refractivity (Wildman–Crippen MR) is 120 cm³/mol. The van der Waals surface area contributed by atoms with Crippen molar-refractivity contribution in [3.8, 4) is 5.75 Å². The Kier molecular flexibility index (Phi) is 10.0. The number of ether oxygens (including phenoxy) is 2. The highest BCUT2D eigenvalue weighted by Gasteiger charge is 2.24. The smallest absolute Gasteiger partial charge is 0.407 e. The number of ketones is 1. The van der Waals surface area contributed by atoms with Crippen LogP contribution >= 0.6 is 0 Å². The molecule has 0 saturated heterocycles. The number of nitrogens with zero attached hydrogens (tertiary/aromatic N) is 1. The molecule has 2 amide bonds. The van der Waals surface area contributed by atoms with E-state index in [9.17, 15) is 27.6 Å². The Hall–Kier alpha value is -3.63. The van der Waals surface area contributed by atoms with Crippen molar-refractivity contribution >= 4 is 17.8 Å². The third-order valence-electron chi connectivity index (χ3n) is 4.57. The first kappa shape index (κ1) is 27.6. The number of aromatic nitrogens is 1. The van der Waals surface area contributed by atoms with Crippen LogP contribution in [0, 0.1) is 17.5 Å². The molecule has 0 aliphatic rings. The van der Waals surface area contributed by atoms with Crippen LogP contribution in [0.2, 0.25) is 0 Å². The van der Waals surface area contributed by atoms with Crippen molar-refractivity contribution in [3.63, 3.8) is 0 Å². The lowest BCUT2D eigenvalue weighted by Gasteiger charge is -2.20. The van der Waals surface area contributed by atoms with Gasteiger partial charge in [-0.3, -0.25) is 14.6 Å². The van der Waals surface area contributed by atoms with Gasteiger partial charge in [0, 0.05) is 18.9 Å². The van der Waals surface area contributed by atoms with E-state index in [0.29, 0.717) is 25.0 Å². The molecule has 35 heavy (non-hydrogen) atoms. The summed E-state index contributed by atoms with van der Waals surface area (Å²) in [4.78, 5) is 40.8. The number of hydrogen-bond acceptors (Lipinski definition) is 6. The summed E-state index contributed by atoms with van der Waals surface area (Å²) in [6, 6.07) is 3.26. The largest absolute Gasteiger partial charge is 0.480 e. The molecule has 0 aliphatic heterocycles. The Bertz CT molecular complexity index is 1030. The normalized spacial score (nSPS) is 11.9. The van der Waals surface area contributed by atoms with Gasteiger partial charge in [0.05, 0.1) is 11.6 Å². The van der Waals surface area contributed by atoms with E-state index in [1.807, 2.05) is 0 Å². The van der Waals surface area contributed by atoms with Crippen molar-refractivity contribution < 1.29 is 37.0 Å². The van der Waals surface area contributed by atoms with Crippen molar-refractivity contribution in [2.24, 2.45) is 0 Å². The molecule has 2 aromatic rings. The Morgan fingerprint density at radius 2 is 1.77 bits per heavy atom. The van der Waals surface area contributed by atoms with Gasteiger partial charge < -0.3 is 20.1 Å². The van der Waals surface area contributed by atoms with E-state index in [-0.39, 0.29) is 18.5 Å². The third-order valence-corrected chi connectivity index (χ3v) is 4.57. The van der Waals surface area contributed by atoms with Crippen LogP contribution in [-0.4, -0.2) is 47.6 Å². The van der Waals surface area contributed by atoms with Crippen molar-refractivity contribution in [2.45, 2.75) is 51.7 Å². The van der Waals surface area contributed by atoms with E-state index in [0.717, 1.165) is 0 Å². The van der Waals surface area contributed by atoms with Crippen LogP contribution in [-0.2, 0) is 9.53 Å². The SMILES string of the molecule is CC(C)(C)OC(=O)NCCCC[C@H](NC(=O)c1cccnc1)C(=O)COc1c(F)ccc(F)c1F. The summed E-state index contributed by atoms with van der Waals surface area (Å²) in [5.74, 6) is -6.32. The molecule has 0 aliphatic carbocycles. The maximum absolute atomic E-state index is 13.8. The second-order valence-corrected chi connectivity index (χ2v) is 8.62. The summed E-state index contributed by atoms with van der Waals surface area (Å²) in [6.45, 7) is 4.67. The van der Waals surface area contributed by atoms with Gasteiger partial charge in [0.2, 0.25) is 5.82 Å². The summed E-state index contributed by atoms with van der Waals surface area (Å²) < 4.78 is 51.1. The molecule has 1 atom stereocenters. The fourth-order valence-corrected chi connectivity index (χ4v) is 2.92. The number of carbonyl (C=O) groups excluding carboxylic acids is 3. The van der Waals surface area contributed by atoms with Gasteiger partial charge in [0.1, 0.15) is 12.2 Å². The minimum atomic E-state index is -1.55. The number of halogens is 3. The molecule has 1 heterocycles. The van der Waals surface area contributed by atoms with Crippen molar-refractivity contribution in [1.82, 2.24) is 15.6 Å². The number of carbonyl (C=O) groups is 3. The minimum Gasteiger partial charge on any atom is -0.480 e. The number of amides is 2. The Morgan fingerprint density at radius 3 is 2.43 bits per heavy atom. The zero-order valence-electron chi connectivity index (χ0n) is 19.7. The summed E-state index contributed by atoms with van der Waals surface area (Å²) in [5, 5.41) is 5.15. The van der Waals surface area contributed by atoms with Crippen LogP contribution in [0.3, 0.4) is 0 Å². The molecule has 0 unspecified atom stereocenters. The molecule has 11 heteroatoms. The number of rotatable bonds is 11. The average molecular weight is 495 g/mol. The van der Waals surface area contributed by atoms with Crippen molar-refractivity contribution in [3.05, 3.63) is 59.7 Å². The quantitative estimate of drug-likeness (QED) is 0.361. The summed E-state index contributed by atoms with van der Waals surface area (Å²) >= 11 is 0. The highest BCUT2D eigenvalue weighted by Crippen LogP contribution is 2.23. The van der Waals surface area contributed by atoms with E-state index in [2.05, 4.69) is 15.6 Å². The topological polar surface area (TPSA) is 107 Å². The second-order valence-electron chi connectivity index (χ2n) is 8.62. The van der Waals surface area contributed by atoms with E-state index in [4.69, 9.17) is 9.47 Å². The number of hydrogen-bond donors (Lipinski definition) is 2. The number of nitrogens with one attached hydrogen (secondary N) is 2. The molecule has 0 bridgehead atoms. The number of unbranched alkanes of at least 4 members (excludes halogenated alkanes) is 1. The second kappa shape index (κ2) is 12.7. The van der Waals surface area contributed by atoms with Gasteiger partial charge in [0.25, 0.3) is 5.91 Å². The minimum absolute atomic E-state index is 0.151. The maximum atomic E-state index is 13.8. The maximum Gasteiger partial charge on any atom is 0.407 e. The number of benzene rings is 1.